The summed E-state index contributed by atoms with van der Waals surface area (Å²) in [7, 11) is 3.03. The molecule has 3 aliphatic heterocycles. The van der Waals surface area contributed by atoms with Crippen molar-refractivity contribution in [1.29, 1.82) is 0 Å². The second kappa shape index (κ2) is 11.4. The van der Waals surface area contributed by atoms with Crippen LogP contribution >= 0.6 is 0 Å². The van der Waals surface area contributed by atoms with E-state index in [9.17, 15) is 9.59 Å². The lowest BCUT2D eigenvalue weighted by molar-refractivity contribution is -0.122. The maximum Gasteiger partial charge on any atom is 0.238 e. The number of Topliss-reactive ketones (excluding diaryl/α,β-unsaturated/α-hetero) is 2. The number of hydrogen-bond donors (Lipinski definition) is 1. The number of carbonyl (C=O) groups excluding carboxylic acids is 3. The van der Waals surface area contributed by atoms with E-state index in [1.807, 2.05) is 65.7 Å². The van der Waals surface area contributed by atoms with Gasteiger partial charge in [0.1, 0.15) is 23.8 Å². The van der Waals surface area contributed by atoms with Crippen LogP contribution in [0, 0.1) is 5.92 Å². The lowest BCUT2D eigenvalue weighted by Crippen LogP contribution is -2.49. The number of carbonyl (C=O) groups is 3. The van der Waals surface area contributed by atoms with Crippen LogP contribution in [0.3, 0.4) is 0 Å². The highest BCUT2D eigenvalue weighted by Gasteiger charge is 2.70. The van der Waals surface area contributed by atoms with Gasteiger partial charge in [-0.25, -0.2) is 0 Å². The number of methoxy groups -OCH3 is 2. The first-order valence-corrected chi connectivity index (χ1v) is 15.0. The summed E-state index contributed by atoms with van der Waals surface area (Å²) in [6.45, 7) is 3.98. The minimum Gasteiger partial charge on any atom is -0.493 e. The molecule has 0 saturated carbocycles. The Balaban J connectivity index is 1.49. The van der Waals surface area contributed by atoms with Crippen LogP contribution < -0.4 is 19.5 Å². The molecule has 3 aliphatic rings. The third-order valence-electron chi connectivity index (χ3n) is 9.28. The van der Waals surface area contributed by atoms with Crippen molar-refractivity contribution in [3.63, 3.8) is 0 Å². The number of ketones is 2. The van der Waals surface area contributed by atoms with E-state index < -0.39 is 23.4 Å². The molecule has 230 valence electrons. The molecule has 0 bridgehead atoms. The molecule has 8 heteroatoms. The lowest BCUT2D eigenvalue weighted by atomic mass is 9.62. The van der Waals surface area contributed by atoms with Crippen LogP contribution in [-0.2, 0) is 10.2 Å². The van der Waals surface area contributed by atoms with Crippen LogP contribution in [-0.4, -0.2) is 49.2 Å². The zero-order valence-corrected chi connectivity index (χ0v) is 25.4. The average Bonchev–Trinajstić information content (AvgIpc) is 3.58. The quantitative estimate of drug-likeness (QED) is 0.176. The molecule has 0 aliphatic carbocycles. The zero-order chi connectivity index (χ0) is 32.0. The summed E-state index contributed by atoms with van der Waals surface area (Å²) in [5.74, 6) is -0.756. The molecule has 0 unspecified atom stereocenters. The molecule has 0 radical (unpaired) electrons. The molecule has 7 rings (SSSR count). The topological polar surface area (TPSA) is 94.2 Å². The van der Waals surface area contributed by atoms with Crippen molar-refractivity contribution in [3.05, 3.63) is 138 Å². The lowest BCUT2D eigenvalue weighted by Gasteiger charge is -2.38. The first kappa shape index (κ1) is 29.1. The van der Waals surface area contributed by atoms with Gasteiger partial charge in [0, 0.05) is 23.0 Å². The van der Waals surface area contributed by atoms with Gasteiger partial charge in [0.25, 0.3) is 0 Å². The molecule has 1 amide bonds. The Kier molecular flexibility index (Phi) is 7.20. The van der Waals surface area contributed by atoms with E-state index in [1.165, 1.54) is 14.2 Å². The number of para-hydroxylation sites is 1. The van der Waals surface area contributed by atoms with Crippen molar-refractivity contribution in [3.8, 4) is 17.2 Å². The van der Waals surface area contributed by atoms with Crippen LogP contribution in [0.1, 0.15) is 43.4 Å². The van der Waals surface area contributed by atoms with Gasteiger partial charge in [-0.1, -0.05) is 67.3 Å². The molecule has 4 aromatic rings. The van der Waals surface area contributed by atoms with Gasteiger partial charge in [0.05, 0.1) is 26.2 Å². The maximum absolute atomic E-state index is 15.1. The summed E-state index contributed by atoms with van der Waals surface area (Å²) in [4.78, 5) is 46.6. The Hall–Kier alpha value is -5.63. The first-order chi connectivity index (χ1) is 22.4. The Morgan fingerprint density at radius 3 is 2.46 bits per heavy atom. The standard InChI is InChI=1S/C38H32N2O6/c1-4-20-46-26-12-9-11-24(21-26)34(41)32-33(35(42)25-16-17-30(44-2)31(22-25)45-3)40-19-18-23-10-5-6-13-27(23)36(40)38(32)28-14-7-8-15-29(28)39-37(38)43/h4-19,21-22,32-33,36H,1,20H2,2-3H3,(H,39,43)/t32-,33-,36+,38-/m0/s1. The summed E-state index contributed by atoms with van der Waals surface area (Å²) in [5.41, 5.74) is 2.32. The van der Waals surface area contributed by atoms with Gasteiger partial charge >= 0.3 is 0 Å². The van der Waals surface area contributed by atoms with Crippen molar-refractivity contribution in [2.24, 2.45) is 5.92 Å². The first-order valence-electron chi connectivity index (χ1n) is 15.0. The van der Waals surface area contributed by atoms with Crippen molar-refractivity contribution in [1.82, 2.24) is 4.90 Å². The molecule has 4 aromatic carbocycles. The minimum absolute atomic E-state index is 0.263. The van der Waals surface area contributed by atoms with Crippen molar-refractivity contribution < 1.29 is 28.6 Å². The molecule has 8 nitrogen and oxygen atoms in total. The van der Waals surface area contributed by atoms with Crippen LogP contribution in [0.15, 0.2) is 110 Å². The van der Waals surface area contributed by atoms with E-state index in [0.717, 1.165) is 11.1 Å². The van der Waals surface area contributed by atoms with Crippen LogP contribution in [0.5, 0.6) is 17.2 Å². The predicted octanol–water partition coefficient (Wildman–Crippen LogP) is 6.25. The van der Waals surface area contributed by atoms with Gasteiger partial charge in [-0.3, -0.25) is 14.4 Å². The summed E-state index contributed by atoms with van der Waals surface area (Å²) in [6.07, 6.45) is 5.41. The second-order valence-electron chi connectivity index (χ2n) is 11.5. The van der Waals surface area contributed by atoms with Crippen LogP contribution in [0.2, 0.25) is 0 Å². The van der Waals surface area contributed by atoms with Gasteiger partial charge in [-0.15, -0.1) is 0 Å². The second-order valence-corrected chi connectivity index (χ2v) is 11.5. The van der Waals surface area contributed by atoms with Gasteiger partial charge in [0.2, 0.25) is 5.91 Å². The molecule has 1 saturated heterocycles. The number of nitrogens with zero attached hydrogens (tertiary/aromatic N) is 1. The number of ether oxygens (including phenoxy) is 3. The van der Waals surface area contributed by atoms with Crippen molar-refractivity contribution >= 4 is 29.2 Å². The fourth-order valence-corrected chi connectivity index (χ4v) is 7.40. The third-order valence-corrected chi connectivity index (χ3v) is 9.28. The Morgan fingerprint density at radius 2 is 1.65 bits per heavy atom. The number of amides is 1. The van der Waals surface area contributed by atoms with Crippen LogP contribution in [0.25, 0.3) is 6.08 Å². The van der Waals surface area contributed by atoms with Gasteiger partial charge in [-0.2, -0.15) is 0 Å². The molecule has 1 spiro atoms. The molecule has 3 heterocycles. The molecule has 4 atom stereocenters. The summed E-state index contributed by atoms with van der Waals surface area (Å²) in [6, 6.07) is 25.4. The molecular formula is C38H32N2O6. The number of nitrogens with one attached hydrogen (secondary N) is 1. The zero-order valence-electron chi connectivity index (χ0n) is 25.4. The summed E-state index contributed by atoms with van der Waals surface area (Å²) >= 11 is 0. The van der Waals surface area contributed by atoms with E-state index in [1.54, 1.807) is 48.5 Å². The van der Waals surface area contributed by atoms with E-state index in [-0.39, 0.29) is 24.1 Å². The molecular weight excluding hydrogens is 580 g/mol. The molecule has 0 aromatic heterocycles. The number of anilines is 1. The highest BCUT2D eigenvalue weighted by Crippen LogP contribution is 2.62. The minimum atomic E-state index is -1.44. The van der Waals surface area contributed by atoms with Crippen molar-refractivity contribution in [2.45, 2.75) is 17.5 Å². The highest BCUT2D eigenvalue weighted by molar-refractivity contribution is 6.16. The predicted molar refractivity (Wildman–Crippen MR) is 174 cm³/mol. The van der Waals surface area contributed by atoms with E-state index in [4.69, 9.17) is 14.2 Å². The Bertz CT molecular complexity index is 1930. The Morgan fingerprint density at radius 1 is 0.891 bits per heavy atom. The summed E-state index contributed by atoms with van der Waals surface area (Å²) in [5, 5.41) is 3.08. The monoisotopic (exact) mass is 612 g/mol. The average molecular weight is 613 g/mol. The van der Waals surface area contributed by atoms with E-state index in [2.05, 4.69) is 11.9 Å². The number of hydrogen-bond acceptors (Lipinski definition) is 7. The number of rotatable bonds is 9. The van der Waals surface area contributed by atoms with E-state index in [0.29, 0.717) is 39.6 Å². The van der Waals surface area contributed by atoms with Crippen LogP contribution in [0.4, 0.5) is 5.69 Å². The molecule has 46 heavy (non-hydrogen) atoms. The highest BCUT2D eigenvalue weighted by atomic mass is 16.5. The molecule has 1 N–H and O–H groups in total. The Labute approximate surface area is 266 Å². The smallest absolute Gasteiger partial charge is 0.238 e. The largest absolute Gasteiger partial charge is 0.493 e. The van der Waals surface area contributed by atoms with Gasteiger partial charge in [-0.05, 0) is 59.2 Å². The number of fused-ring (bicyclic) bond motifs is 6. The van der Waals surface area contributed by atoms with Gasteiger partial charge < -0.3 is 24.4 Å². The maximum atomic E-state index is 15.1. The normalized spacial score (nSPS) is 22.0. The van der Waals surface area contributed by atoms with Crippen molar-refractivity contribution in [2.75, 3.05) is 26.1 Å². The van der Waals surface area contributed by atoms with E-state index >= 15 is 4.79 Å². The summed E-state index contributed by atoms with van der Waals surface area (Å²) < 4.78 is 16.7. The fourth-order valence-electron chi connectivity index (χ4n) is 7.40. The SMILES string of the molecule is C=CCOc1cccc(C(=O)[C@@H]2[C@@H](C(=O)c3ccc(OC)c(OC)c3)N3C=Cc4ccccc4[C@@H]3[C@@]23C(=O)Nc2ccccc23)c1. The van der Waals surface area contributed by atoms with Gasteiger partial charge in [0.15, 0.2) is 23.1 Å². The third kappa shape index (κ3) is 4.24. The molecule has 1 fully saturated rings. The fraction of sp³-hybridized carbons (Fsp3) is 0.184. The number of benzene rings is 4.